The fourth-order valence-electron chi connectivity index (χ4n) is 5.22. The Bertz CT molecular complexity index is 997. The summed E-state index contributed by atoms with van der Waals surface area (Å²) in [5.74, 6) is -2.37. The van der Waals surface area contributed by atoms with Crippen LogP contribution in [-0.4, -0.2) is 56.8 Å². The number of aliphatic hydroxyl groups is 2. The number of Topliss-reactive ketones (excluding diaryl/α,β-unsaturated/α-hetero) is 1. The Morgan fingerprint density at radius 1 is 1.30 bits per heavy atom. The second-order valence-electron chi connectivity index (χ2n) is 11.4. The Balaban J connectivity index is 1.89. The molecule has 3 N–H and O–H groups in total. The number of aliphatic hydroxyl groups excluding tert-OH is 2. The minimum atomic E-state index is -1.33. The summed E-state index contributed by atoms with van der Waals surface area (Å²) < 4.78 is 21.3. The first-order valence-corrected chi connectivity index (χ1v) is 13.2. The van der Waals surface area contributed by atoms with E-state index in [1.807, 2.05) is 13.8 Å². The van der Waals surface area contributed by atoms with Crippen molar-refractivity contribution in [2.75, 3.05) is 0 Å². The third-order valence-electron chi connectivity index (χ3n) is 8.06. The number of nitrogens with one attached hydrogen (secondary N) is 1. The van der Waals surface area contributed by atoms with E-state index in [2.05, 4.69) is 16.9 Å². The molecule has 2 fully saturated rings. The van der Waals surface area contributed by atoms with Crippen LogP contribution in [0.2, 0.25) is 0 Å². The highest BCUT2D eigenvalue weighted by Gasteiger charge is 2.53. The summed E-state index contributed by atoms with van der Waals surface area (Å²) in [5.41, 5.74) is -1.33. The normalized spacial score (nSPS) is 35.8. The third-order valence-corrected chi connectivity index (χ3v) is 8.06. The summed E-state index contributed by atoms with van der Waals surface area (Å²) in [6.45, 7) is 10.8. The Morgan fingerprint density at radius 3 is 2.68 bits per heavy atom. The van der Waals surface area contributed by atoms with E-state index in [1.54, 1.807) is 44.3 Å². The lowest BCUT2D eigenvalue weighted by atomic mass is 9.71. The predicted molar refractivity (Wildman–Crippen MR) is 140 cm³/mol. The van der Waals surface area contributed by atoms with Crippen LogP contribution in [0.3, 0.4) is 0 Å². The number of allylic oxidation sites excluding steroid dienone is 1. The molecule has 0 aromatic carbocycles. The van der Waals surface area contributed by atoms with E-state index in [0.29, 0.717) is 18.5 Å². The van der Waals surface area contributed by atoms with Gasteiger partial charge in [0.25, 0.3) is 0 Å². The summed E-state index contributed by atoms with van der Waals surface area (Å²) >= 11 is 0. The molecule has 2 saturated heterocycles. The van der Waals surface area contributed by atoms with Crippen LogP contribution >= 0.6 is 0 Å². The van der Waals surface area contributed by atoms with Gasteiger partial charge < -0.3 is 20.3 Å². The highest BCUT2D eigenvalue weighted by Crippen LogP contribution is 2.44. The second-order valence-corrected chi connectivity index (χ2v) is 11.4. The highest BCUT2D eigenvalue weighted by molar-refractivity contribution is 5.88. The molecule has 2 unspecified atom stereocenters. The molecule has 2 aliphatic heterocycles. The number of hydrogen-bond acceptors (Lipinski definition) is 6. The fourth-order valence-corrected chi connectivity index (χ4v) is 5.22. The zero-order valence-electron chi connectivity index (χ0n) is 22.3. The molecule has 0 radical (unpaired) electrons. The topological polar surface area (TPSA) is 112 Å². The van der Waals surface area contributed by atoms with Crippen LogP contribution in [0.1, 0.15) is 71.9 Å². The largest absolute Gasteiger partial charge is 0.392 e. The van der Waals surface area contributed by atoms with Gasteiger partial charge in [-0.2, -0.15) is 0 Å². The van der Waals surface area contributed by atoms with Gasteiger partial charge in [0.2, 0.25) is 5.91 Å². The van der Waals surface area contributed by atoms with Crippen LogP contribution in [0, 0.1) is 17.3 Å². The number of ketones is 1. The van der Waals surface area contributed by atoms with Gasteiger partial charge in [0.1, 0.15) is 11.6 Å². The van der Waals surface area contributed by atoms with Gasteiger partial charge in [-0.25, -0.2) is 4.39 Å². The van der Waals surface area contributed by atoms with Crippen LogP contribution in [0.5, 0.6) is 0 Å². The number of pyridine rings is 1. The maximum Gasteiger partial charge on any atom is 0.223 e. The minimum Gasteiger partial charge on any atom is -0.392 e. The number of amides is 1. The van der Waals surface area contributed by atoms with Gasteiger partial charge in [0, 0.05) is 18.5 Å². The van der Waals surface area contributed by atoms with E-state index < -0.39 is 46.9 Å². The van der Waals surface area contributed by atoms with E-state index in [0.717, 1.165) is 6.42 Å². The number of nitrogens with zero attached hydrogens (tertiary/aromatic N) is 1. The Hall–Kier alpha value is -2.42. The van der Waals surface area contributed by atoms with Crippen LogP contribution in [0.25, 0.3) is 6.08 Å². The Kier molecular flexibility index (Phi) is 9.42. The van der Waals surface area contributed by atoms with Crippen molar-refractivity contribution in [2.45, 2.75) is 96.2 Å². The maximum absolute atomic E-state index is 15.4. The second kappa shape index (κ2) is 12.0. The molecule has 7 nitrogen and oxygen atoms in total. The summed E-state index contributed by atoms with van der Waals surface area (Å²) in [6.07, 6.45) is 4.23. The number of fused-ring (bicyclic) bond motifs is 1. The molecule has 37 heavy (non-hydrogen) atoms. The molecule has 204 valence electrons. The summed E-state index contributed by atoms with van der Waals surface area (Å²) in [4.78, 5) is 30.6. The summed E-state index contributed by atoms with van der Waals surface area (Å²) in [5, 5.41) is 24.7. The monoisotopic (exact) mass is 516 g/mol. The maximum atomic E-state index is 15.4. The number of rotatable bonds is 4. The molecular formula is C29H41FN2O5. The molecule has 3 rings (SSSR count). The zero-order valence-corrected chi connectivity index (χ0v) is 22.3. The lowest BCUT2D eigenvalue weighted by Gasteiger charge is -2.35. The van der Waals surface area contributed by atoms with E-state index >= 15 is 4.39 Å². The van der Waals surface area contributed by atoms with Crippen molar-refractivity contribution in [1.29, 1.82) is 0 Å². The molecule has 1 amide bonds. The van der Waals surface area contributed by atoms with Crippen molar-refractivity contribution >= 4 is 17.8 Å². The average molecular weight is 517 g/mol. The van der Waals surface area contributed by atoms with Gasteiger partial charge in [-0.3, -0.25) is 14.6 Å². The van der Waals surface area contributed by atoms with Crippen molar-refractivity contribution in [2.24, 2.45) is 17.3 Å². The molecule has 1 aromatic rings. The van der Waals surface area contributed by atoms with Crippen molar-refractivity contribution in [3.8, 4) is 0 Å². The lowest BCUT2D eigenvalue weighted by Crippen LogP contribution is -2.48. The van der Waals surface area contributed by atoms with Crippen molar-refractivity contribution in [1.82, 2.24) is 10.3 Å². The number of hydrogen-bond donors (Lipinski definition) is 3. The van der Waals surface area contributed by atoms with Gasteiger partial charge >= 0.3 is 0 Å². The van der Waals surface area contributed by atoms with Gasteiger partial charge in [0.05, 0.1) is 47.5 Å². The van der Waals surface area contributed by atoms with Crippen LogP contribution in [0.15, 0.2) is 42.9 Å². The SMILES string of the molecule is C=CC[C@H]1C(=O)C(C)(C)[C@@H](O)CC(=O)N[C@H](C(F)=Cc2ccccn2)CC2OC2(C)CCC[C@H](C)[C@H]1O. The number of halogens is 1. The van der Waals surface area contributed by atoms with Gasteiger partial charge in [0.15, 0.2) is 0 Å². The molecule has 0 aliphatic carbocycles. The van der Waals surface area contributed by atoms with Crippen molar-refractivity contribution < 1.29 is 28.9 Å². The van der Waals surface area contributed by atoms with E-state index in [9.17, 15) is 19.8 Å². The molecule has 7 atom stereocenters. The van der Waals surface area contributed by atoms with Gasteiger partial charge in [-0.1, -0.05) is 39.3 Å². The zero-order chi connectivity index (χ0) is 27.4. The first-order chi connectivity index (χ1) is 17.4. The van der Waals surface area contributed by atoms with Gasteiger partial charge in [-0.15, -0.1) is 6.58 Å². The third kappa shape index (κ3) is 7.12. The number of epoxide rings is 1. The highest BCUT2D eigenvalue weighted by atomic mass is 19.1. The van der Waals surface area contributed by atoms with Crippen molar-refractivity contribution in [3.05, 3.63) is 48.6 Å². The van der Waals surface area contributed by atoms with Crippen LogP contribution in [-0.2, 0) is 14.3 Å². The molecule has 0 saturated carbocycles. The first kappa shape index (κ1) is 29.1. The molecule has 0 bridgehead atoms. The quantitative estimate of drug-likeness (QED) is 0.410. The van der Waals surface area contributed by atoms with Crippen molar-refractivity contribution in [3.63, 3.8) is 0 Å². The number of aromatic nitrogens is 1. The molecule has 2 aliphatic rings. The minimum absolute atomic E-state index is 0.162. The van der Waals surface area contributed by atoms with E-state index in [-0.39, 0.29) is 37.1 Å². The summed E-state index contributed by atoms with van der Waals surface area (Å²) in [7, 11) is 0. The van der Waals surface area contributed by atoms with E-state index in [4.69, 9.17) is 4.74 Å². The van der Waals surface area contributed by atoms with Crippen LogP contribution in [0.4, 0.5) is 4.39 Å². The van der Waals surface area contributed by atoms with E-state index in [1.165, 1.54) is 6.08 Å². The fraction of sp³-hybridized carbons (Fsp3) is 0.621. The molecular weight excluding hydrogens is 475 g/mol. The number of ether oxygens (including phenoxy) is 1. The Labute approximate surface area is 219 Å². The standard InChI is InChI=1S/C29H41FN2O5/c1-6-10-20-26(35)18(2)11-9-13-29(5)24(37-29)16-22(21(30)15-19-12-7-8-14-31-19)32-25(34)17-23(33)28(3,4)27(20)36/h6-8,12,14-15,18,20,22-24,26,33,35H,1,9-11,13,16-17H2,2-5H3,(H,32,34)/t18-,20+,22-,23-,24?,26+,29?/m0/s1. The summed E-state index contributed by atoms with van der Waals surface area (Å²) in [6, 6.07) is 4.19. The average Bonchev–Trinajstić information content (AvgIpc) is 3.49. The molecule has 1 aromatic heterocycles. The smallest absolute Gasteiger partial charge is 0.223 e. The lowest BCUT2D eigenvalue weighted by molar-refractivity contribution is -0.144. The number of carbonyl (C=O) groups is 2. The van der Waals surface area contributed by atoms with Gasteiger partial charge in [-0.05, 0) is 50.3 Å². The Morgan fingerprint density at radius 2 is 2.03 bits per heavy atom. The van der Waals surface area contributed by atoms with Crippen LogP contribution < -0.4 is 5.32 Å². The first-order valence-electron chi connectivity index (χ1n) is 13.2. The number of carbonyl (C=O) groups excluding carboxylic acids is 2. The molecule has 8 heteroatoms. The molecule has 3 heterocycles. The molecule has 0 spiro atoms. The predicted octanol–water partition coefficient (Wildman–Crippen LogP) is 4.14.